The molecule has 0 spiro atoms. The van der Waals surface area contributed by atoms with Crippen LogP contribution in [0.25, 0.3) is 16.5 Å². The smallest absolute Gasteiger partial charge is 0.246 e. The Morgan fingerprint density at radius 2 is 1.76 bits per heavy atom. The first-order valence-corrected chi connectivity index (χ1v) is 19.5. The second kappa shape index (κ2) is 19.8. The number of allylic oxidation sites excluding steroid dienone is 1. The number of aromatic nitrogens is 1. The molecule has 13 heteroatoms. The summed E-state index contributed by atoms with van der Waals surface area (Å²) in [5.41, 5.74) is 17.4. The van der Waals surface area contributed by atoms with Crippen molar-refractivity contribution >= 4 is 41.0 Å². The number of amides is 4. The lowest BCUT2D eigenvalue weighted by Gasteiger charge is -2.35. The van der Waals surface area contributed by atoms with Gasteiger partial charge in [0.25, 0.3) is 0 Å². The molecule has 1 fully saturated rings. The highest BCUT2D eigenvalue weighted by Gasteiger charge is 2.44. The summed E-state index contributed by atoms with van der Waals surface area (Å²) in [6.45, 7) is 10.2. The van der Waals surface area contributed by atoms with Crippen LogP contribution >= 0.6 is 11.3 Å². The summed E-state index contributed by atoms with van der Waals surface area (Å²) in [7, 11) is 0. The first-order valence-electron chi connectivity index (χ1n) is 18.6. The number of carbonyl (C=O) groups is 4. The van der Waals surface area contributed by atoms with Crippen LogP contribution in [0, 0.1) is 12.3 Å². The van der Waals surface area contributed by atoms with Gasteiger partial charge in [-0.05, 0) is 60.8 Å². The Kier molecular flexibility index (Phi) is 15.5. The van der Waals surface area contributed by atoms with Gasteiger partial charge in [-0.25, -0.2) is 4.98 Å². The molecule has 5 atom stereocenters. The molecular weight excluding hydrogens is 705 g/mol. The number of likely N-dealkylation sites (tertiary alicyclic amines) is 1. The van der Waals surface area contributed by atoms with Gasteiger partial charge in [-0.3, -0.25) is 19.2 Å². The second-order valence-electron chi connectivity index (χ2n) is 15.2. The standard InChI is InChI=1S/C41H56N6O6S/c1-26-37(54-25-45-26)31-17-15-29(16-18-31)22-44-39(51)34-21-32(48)23-47(34)40(52)38(41(3,4)5)46-36(50)10-8-6-7-9-28-11-13-30(14-12-28)24-53-27(2)33(42)19-20-35(43)49/h7,9,11-18,25,27,32-34,38,48H,6,8,10,19-24,42H2,1-5H3,(H2,43,49)(H,44,51)(H,46,50)/b9-7+/t27-,32-,33+,34+,38-/m1/s1. The van der Waals surface area contributed by atoms with E-state index in [0.29, 0.717) is 25.9 Å². The van der Waals surface area contributed by atoms with Crippen molar-refractivity contribution in [2.75, 3.05) is 6.54 Å². The highest BCUT2D eigenvalue weighted by molar-refractivity contribution is 7.13. The third kappa shape index (κ3) is 12.6. The fourth-order valence-electron chi connectivity index (χ4n) is 6.23. The lowest BCUT2D eigenvalue weighted by Crippen LogP contribution is -2.57. The molecule has 7 N–H and O–H groups in total. The number of unbranched alkanes of at least 4 members (excludes halogenated alkanes) is 1. The predicted octanol–water partition coefficient (Wildman–Crippen LogP) is 4.61. The second-order valence-corrected chi connectivity index (χ2v) is 16.0. The van der Waals surface area contributed by atoms with Crippen LogP contribution in [0.5, 0.6) is 0 Å². The van der Waals surface area contributed by atoms with Crippen LogP contribution in [-0.2, 0) is 37.1 Å². The van der Waals surface area contributed by atoms with Gasteiger partial charge in [0.2, 0.25) is 23.6 Å². The third-order valence-corrected chi connectivity index (χ3v) is 10.6. The number of aliphatic hydroxyl groups is 1. The Bertz CT molecular complexity index is 1740. The number of rotatable bonds is 18. The topological polar surface area (TPSA) is 190 Å². The number of carbonyl (C=O) groups excluding carboxylic acids is 4. The molecular formula is C41H56N6O6S. The van der Waals surface area contributed by atoms with Gasteiger partial charge >= 0.3 is 0 Å². The van der Waals surface area contributed by atoms with Crippen molar-refractivity contribution in [3.8, 4) is 10.4 Å². The maximum Gasteiger partial charge on any atom is 0.246 e. The molecule has 4 rings (SSSR count). The van der Waals surface area contributed by atoms with Gasteiger partial charge < -0.3 is 36.8 Å². The average Bonchev–Trinajstić information content (AvgIpc) is 3.75. The number of β-amino-alcohol motifs (C(OH)–C–C–N with tert-alkyl or cyclic N) is 1. The van der Waals surface area contributed by atoms with E-state index >= 15 is 0 Å². The highest BCUT2D eigenvalue weighted by Crippen LogP contribution is 2.28. The third-order valence-electron chi connectivity index (χ3n) is 9.62. The van der Waals surface area contributed by atoms with Crippen LogP contribution in [0.1, 0.15) is 88.6 Å². The molecule has 3 aromatic rings. The van der Waals surface area contributed by atoms with Crippen molar-refractivity contribution in [3.63, 3.8) is 0 Å². The first kappa shape index (κ1) is 42.3. The summed E-state index contributed by atoms with van der Waals surface area (Å²) in [6.07, 6.45) is 5.28. The minimum atomic E-state index is -0.875. The molecule has 1 aromatic heterocycles. The molecule has 292 valence electrons. The maximum atomic E-state index is 13.9. The summed E-state index contributed by atoms with van der Waals surface area (Å²) in [5, 5.41) is 16.4. The lowest BCUT2D eigenvalue weighted by atomic mass is 9.85. The molecule has 0 saturated carbocycles. The van der Waals surface area contributed by atoms with Crippen LogP contribution < -0.4 is 22.1 Å². The number of benzene rings is 2. The van der Waals surface area contributed by atoms with Crippen LogP contribution in [0.4, 0.5) is 0 Å². The number of aliphatic hydroxyl groups excluding tert-OH is 1. The van der Waals surface area contributed by atoms with Gasteiger partial charge in [0, 0.05) is 38.4 Å². The number of nitrogens with zero attached hydrogens (tertiary/aromatic N) is 2. The average molecular weight is 761 g/mol. The van der Waals surface area contributed by atoms with Gasteiger partial charge in [0.15, 0.2) is 0 Å². The minimum absolute atomic E-state index is 0.0206. The zero-order valence-electron chi connectivity index (χ0n) is 32.0. The van der Waals surface area contributed by atoms with Gasteiger partial charge in [0.1, 0.15) is 12.1 Å². The summed E-state index contributed by atoms with van der Waals surface area (Å²) in [4.78, 5) is 58.2. The van der Waals surface area contributed by atoms with Crippen molar-refractivity contribution in [2.24, 2.45) is 16.9 Å². The van der Waals surface area contributed by atoms with Gasteiger partial charge in [-0.1, -0.05) is 81.5 Å². The molecule has 2 heterocycles. The van der Waals surface area contributed by atoms with Crippen molar-refractivity contribution in [1.82, 2.24) is 20.5 Å². The number of thiazole rings is 1. The fraction of sp³-hybridized carbons (Fsp3) is 0.488. The number of hydrogen-bond acceptors (Lipinski definition) is 9. The predicted molar refractivity (Wildman–Crippen MR) is 212 cm³/mol. The molecule has 0 unspecified atom stereocenters. The molecule has 1 aliphatic heterocycles. The normalized spacial score (nSPS) is 17.6. The van der Waals surface area contributed by atoms with Crippen molar-refractivity contribution in [3.05, 3.63) is 82.5 Å². The van der Waals surface area contributed by atoms with Crippen LogP contribution in [0.2, 0.25) is 0 Å². The Labute approximate surface area is 322 Å². The molecule has 4 amide bonds. The Morgan fingerprint density at radius 3 is 2.39 bits per heavy atom. The van der Waals surface area contributed by atoms with Gasteiger partial charge in [0.05, 0.1) is 34.9 Å². The monoisotopic (exact) mass is 760 g/mol. The zero-order chi connectivity index (χ0) is 39.4. The Hall–Kier alpha value is -4.43. The van der Waals surface area contributed by atoms with Crippen LogP contribution in [-0.4, -0.2) is 75.5 Å². The van der Waals surface area contributed by atoms with E-state index in [2.05, 4.69) is 15.6 Å². The van der Waals surface area contributed by atoms with E-state index in [9.17, 15) is 24.3 Å². The van der Waals surface area contributed by atoms with E-state index in [-0.39, 0.29) is 68.1 Å². The van der Waals surface area contributed by atoms with E-state index < -0.39 is 23.6 Å². The summed E-state index contributed by atoms with van der Waals surface area (Å²) >= 11 is 1.58. The van der Waals surface area contributed by atoms with E-state index in [0.717, 1.165) is 32.8 Å². The highest BCUT2D eigenvalue weighted by atomic mass is 32.1. The number of nitrogens with one attached hydrogen (secondary N) is 2. The first-order chi connectivity index (χ1) is 25.6. The van der Waals surface area contributed by atoms with E-state index in [1.54, 1.807) is 11.3 Å². The molecule has 12 nitrogen and oxygen atoms in total. The van der Waals surface area contributed by atoms with Gasteiger partial charge in [-0.2, -0.15) is 0 Å². The van der Waals surface area contributed by atoms with Crippen molar-refractivity contribution in [1.29, 1.82) is 0 Å². The van der Waals surface area contributed by atoms with E-state index in [1.165, 1.54) is 4.90 Å². The Balaban J connectivity index is 1.23. The number of primary amides is 1. The molecule has 0 aliphatic carbocycles. The summed E-state index contributed by atoms with van der Waals surface area (Å²) in [5.74, 6) is -1.35. The van der Waals surface area contributed by atoms with Crippen LogP contribution in [0.15, 0.2) is 60.1 Å². The zero-order valence-corrected chi connectivity index (χ0v) is 32.9. The van der Waals surface area contributed by atoms with Crippen molar-refractivity contribution < 1.29 is 29.0 Å². The molecule has 2 aromatic carbocycles. The summed E-state index contributed by atoms with van der Waals surface area (Å²) in [6, 6.07) is 13.9. The SMILES string of the molecule is Cc1ncsc1-c1ccc(CNC(=O)[C@@H]2C[C@@H](O)CN2C(=O)[C@@H](NC(=O)CCC/C=C/c2ccc(CO[C@H](C)[C@@H](N)CCC(N)=O)cc2)C(C)(C)C)cc1. The van der Waals surface area contributed by atoms with Crippen LogP contribution in [0.3, 0.4) is 0 Å². The van der Waals surface area contributed by atoms with Crippen molar-refractivity contribution in [2.45, 2.75) is 117 Å². The molecule has 1 aliphatic rings. The van der Waals surface area contributed by atoms with Gasteiger partial charge in [-0.15, -0.1) is 11.3 Å². The number of hydrogen-bond donors (Lipinski definition) is 5. The Morgan fingerprint density at radius 1 is 1.07 bits per heavy atom. The summed E-state index contributed by atoms with van der Waals surface area (Å²) < 4.78 is 5.86. The quantitative estimate of drug-likeness (QED) is 0.116. The molecule has 54 heavy (non-hydrogen) atoms. The molecule has 0 radical (unpaired) electrons. The van der Waals surface area contributed by atoms with E-state index in [4.69, 9.17) is 16.2 Å². The fourth-order valence-corrected chi connectivity index (χ4v) is 7.04. The lowest BCUT2D eigenvalue weighted by molar-refractivity contribution is -0.144. The number of ether oxygens (including phenoxy) is 1. The maximum absolute atomic E-state index is 13.9. The largest absolute Gasteiger partial charge is 0.391 e. The molecule has 1 saturated heterocycles. The number of aryl methyl sites for hydroxylation is 1. The number of nitrogens with two attached hydrogens (primary N) is 2. The molecule has 0 bridgehead atoms. The minimum Gasteiger partial charge on any atom is -0.391 e. The van der Waals surface area contributed by atoms with E-state index in [1.807, 2.05) is 101 Å².